The molecule has 3 N–H and O–H groups in total. The number of rotatable bonds is 4. The van der Waals surface area contributed by atoms with Gasteiger partial charge in [0.1, 0.15) is 6.54 Å². The number of methoxy groups -OCH3 is 1. The highest BCUT2D eigenvalue weighted by molar-refractivity contribution is 9.10. The average Bonchev–Trinajstić information content (AvgIpc) is 2.30. The highest BCUT2D eigenvalue weighted by Gasteiger charge is 2.19. The van der Waals surface area contributed by atoms with Gasteiger partial charge in [-0.3, -0.25) is 4.79 Å². The zero-order valence-electron chi connectivity index (χ0n) is 9.86. The normalized spacial score (nSPS) is 11.3. The van der Waals surface area contributed by atoms with Crippen molar-refractivity contribution in [2.75, 3.05) is 19.4 Å². The first-order chi connectivity index (χ1) is 8.27. The smallest absolute Gasteiger partial charge is 0.320 e. The van der Waals surface area contributed by atoms with Crippen LogP contribution in [0.15, 0.2) is 21.5 Å². The Morgan fingerprint density at radius 2 is 2.11 bits per heavy atom. The fourth-order valence-corrected chi connectivity index (χ4v) is 2.95. The van der Waals surface area contributed by atoms with Crippen LogP contribution in [0.1, 0.15) is 5.56 Å². The molecule has 8 heteroatoms. The lowest BCUT2D eigenvalue weighted by molar-refractivity contribution is -0.139. The Bertz CT molecular complexity index is 571. The molecule has 0 atom stereocenters. The minimum atomic E-state index is -3.79. The number of nitrogen functional groups attached to an aromatic ring is 1. The predicted octanol–water partition coefficient (Wildman–Crippen LogP) is 0.791. The van der Waals surface area contributed by atoms with Crippen molar-refractivity contribution in [3.8, 4) is 0 Å². The second-order valence-corrected chi connectivity index (χ2v) is 6.13. The Morgan fingerprint density at radius 3 is 2.67 bits per heavy atom. The summed E-state index contributed by atoms with van der Waals surface area (Å²) in [4.78, 5) is 10.9. The predicted molar refractivity (Wildman–Crippen MR) is 70.5 cm³/mol. The molecule has 100 valence electrons. The molecule has 1 rings (SSSR count). The molecule has 1 aromatic carbocycles. The van der Waals surface area contributed by atoms with Gasteiger partial charge in [0, 0.05) is 10.2 Å². The van der Waals surface area contributed by atoms with Crippen LogP contribution in [0, 0.1) is 6.92 Å². The van der Waals surface area contributed by atoms with Gasteiger partial charge in [0.05, 0.1) is 12.0 Å². The molecule has 0 aliphatic carbocycles. The number of carbonyl (C=O) groups excluding carboxylic acids is 1. The lowest BCUT2D eigenvalue weighted by atomic mass is 10.2. The molecule has 0 spiro atoms. The van der Waals surface area contributed by atoms with E-state index in [1.54, 1.807) is 13.0 Å². The van der Waals surface area contributed by atoms with Crippen molar-refractivity contribution >= 4 is 37.6 Å². The number of carbonyl (C=O) groups is 1. The van der Waals surface area contributed by atoms with E-state index in [1.807, 2.05) is 0 Å². The van der Waals surface area contributed by atoms with Crippen molar-refractivity contribution in [2.45, 2.75) is 11.8 Å². The molecule has 0 fully saturated rings. The van der Waals surface area contributed by atoms with Gasteiger partial charge in [0.2, 0.25) is 10.0 Å². The number of halogens is 1. The van der Waals surface area contributed by atoms with Crippen LogP contribution in [-0.2, 0) is 19.6 Å². The quantitative estimate of drug-likeness (QED) is 0.625. The SMILES string of the molecule is COC(=O)CNS(=O)(=O)c1cc(N)c(Br)cc1C. The molecular formula is C10H13BrN2O4S. The van der Waals surface area contributed by atoms with Crippen molar-refractivity contribution in [2.24, 2.45) is 0 Å². The van der Waals surface area contributed by atoms with Gasteiger partial charge in [-0.15, -0.1) is 0 Å². The van der Waals surface area contributed by atoms with E-state index in [9.17, 15) is 13.2 Å². The third-order valence-corrected chi connectivity index (χ3v) is 4.45. The van der Waals surface area contributed by atoms with E-state index in [0.29, 0.717) is 15.7 Å². The van der Waals surface area contributed by atoms with Crippen LogP contribution >= 0.6 is 15.9 Å². The van der Waals surface area contributed by atoms with Gasteiger partial charge in [0.25, 0.3) is 0 Å². The van der Waals surface area contributed by atoms with Gasteiger partial charge < -0.3 is 10.5 Å². The second kappa shape index (κ2) is 5.68. The molecule has 0 bridgehead atoms. The summed E-state index contributed by atoms with van der Waals surface area (Å²) in [6.07, 6.45) is 0. The van der Waals surface area contributed by atoms with Crippen LogP contribution in [0.2, 0.25) is 0 Å². The second-order valence-electron chi connectivity index (χ2n) is 3.54. The minimum Gasteiger partial charge on any atom is -0.468 e. The first kappa shape index (κ1) is 14.9. The maximum absolute atomic E-state index is 11.9. The van der Waals surface area contributed by atoms with Gasteiger partial charge in [-0.2, -0.15) is 4.72 Å². The topological polar surface area (TPSA) is 98.5 Å². The molecule has 0 saturated heterocycles. The maximum atomic E-state index is 11.9. The molecule has 1 aromatic rings. The van der Waals surface area contributed by atoms with E-state index in [1.165, 1.54) is 13.2 Å². The summed E-state index contributed by atoms with van der Waals surface area (Å²) >= 11 is 3.21. The number of nitrogens with two attached hydrogens (primary N) is 1. The van der Waals surface area contributed by atoms with Crippen molar-refractivity contribution in [3.63, 3.8) is 0 Å². The lowest BCUT2D eigenvalue weighted by Crippen LogP contribution is -2.30. The Morgan fingerprint density at radius 1 is 1.50 bits per heavy atom. The van der Waals surface area contributed by atoms with E-state index in [2.05, 4.69) is 25.4 Å². The summed E-state index contributed by atoms with van der Waals surface area (Å²) in [5.41, 5.74) is 6.46. The van der Waals surface area contributed by atoms with E-state index in [-0.39, 0.29) is 4.90 Å². The Hall–Kier alpha value is -1.12. The van der Waals surface area contributed by atoms with Crippen LogP contribution < -0.4 is 10.5 Å². The highest BCUT2D eigenvalue weighted by Crippen LogP contribution is 2.26. The summed E-state index contributed by atoms with van der Waals surface area (Å²) in [5.74, 6) is -0.665. The van der Waals surface area contributed by atoms with Gasteiger partial charge in [-0.05, 0) is 40.5 Å². The molecule has 0 aromatic heterocycles. The Kier molecular flexibility index (Phi) is 4.71. The number of hydrogen-bond donors (Lipinski definition) is 2. The zero-order chi connectivity index (χ0) is 13.9. The number of nitrogens with one attached hydrogen (secondary N) is 1. The molecule has 0 amide bonds. The average molecular weight is 337 g/mol. The molecule has 0 heterocycles. The lowest BCUT2D eigenvalue weighted by Gasteiger charge is -2.10. The number of esters is 1. The molecule has 0 saturated carbocycles. The summed E-state index contributed by atoms with van der Waals surface area (Å²) in [5, 5.41) is 0. The van der Waals surface area contributed by atoms with Crippen molar-refractivity contribution in [3.05, 3.63) is 22.2 Å². The number of benzene rings is 1. The number of anilines is 1. The van der Waals surface area contributed by atoms with Gasteiger partial charge in [0.15, 0.2) is 0 Å². The number of hydrogen-bond acceptors (Lipinski definition) is 5. The van der Waals surface area contributed by atoms with Gasteiger partial charge in [-0.25, -0.2) is 8.42 Å². The standard InChI is InChI=1S/C10H13BrN2O4S/c1-6-3-7(11)8(12)4-9(6)18(15,16)13-5-10(14)17-2/h3-4,13H,5,12H2,1-2H3. The van der Waals surface area contributed by atoms with E-state index in [4.69, 9.17) is 5.73 Å². The van der Waals surface area contributed by atoms with Crippen molar-refractivity contribution in [1.82, 2.24) is 4.72 Å². The van der Waals surface area contributed by atoms with Crippen molar-refractivity contribution < 1.29 is 17.9 Å². The third kappa shape index (κ3) is 3.44. The monoisotopic (exact) mass is 336 g/mol. The summed E-state index contributed by atoms with van der Waals surface area (Å²) in [6.45, 7) is 1.21. The molecule has 0 unspecified atom stereocenters. The largest absolute Gasteiger partial charge is 0.468 e. The molecule has 6 nitrogen and oxygen atoms in total. The molecular weight excluding hydrogens is 324 g/mol. The van der Waals surface area contributed by atoms with Crippen LogP contribution in [0.4, 0.5) is 5.69 Å². The summed E-state index contributed by atoms with van der Waals surface area (Å²) in [7, 11) is -2.61. The van der Waals surface area contributed by atoms with Crippen molar-refractivity contribution in [1.29, 1.82) is 0 Å². The maximum Gasteiger partial charge on any atom is 0.320 e. The molecule has 0 aliphatic rings. The fourth-order valence-electron chi connectivity index (χ4n) is 1.26. The van der Waals surface area contributed by atoms with Crippen LogP contribution in [-0.4, -0.2) is 28.0 Å². The molecule has 0 aliphatic heterocycles. The zero-order valence-corrected chi connectivity index (χ0v) is 12.3. The fraction of sp³-hybridized carbons (Fsp3) is 0.300. The van der Waals surface area contributed by atoms with E-state index >= 15 is 0 Å². The first-order valence-corrected chi connectivity index (χ1v) is 7.17. The third-order valence-electron chi connectivity index (χ3n) is 2.22. The first-order valence-electron chi connectivity index (χ1n) is 4.90. The van der Waals surface area contributed by atoms with Gasteiger partial charge in [-0.1, -0.05) is 0 Å². The van der Waals surface area contributed by atoms with Gasteiger partial charge >= 0.3 is 5.97 Å². The minimum absolute atomic E-state index is 0.0344. The number of sulfonamides is 1. The molecule has 0 radical (unpaired) electrons. The summed E-state index contributed by atoms with van der Waals surface area (Å²) in [6, 6.07) is 2.93. The van der Waals surface area contributed by atoms with E-state index in [0.717, 1.165) is 0 Å². The van der Waals surface area contributed by atoms with E-state index < -0.39 is 22.5 Å². The Labute approximate surface area is 114 Å². The highest BCUT2D eigenvalue weighted by atomic mass is 79.9. The Balaban J connectivity index is 3.06. The van der Waals surface area contributed by atoms with Crippen LogP contribution in [0.25, 0.3) is 0 Å². The summed E-state index contributed by atoms with van der Waals surface area (Å²) < 4.78 is 31.0. The van der Waals surface area contributed by atoms with Crippen LogP contribution in [0.5, 0.6) is 0 Å². The van der Waals surface area contributed by atoms with Crippen LogP contribution in [0.3, 0.4) is 0 Å². The number of ether oxygens (including phenoxy) is 1. The molecule has 18 heavy (non-hydrogen) atoms. The number of aryl methyl sites for hydroxylation is 1.